The van der Waals surface area contributed by atoms with Crippen LogP contribution in [0, 0.1) is 17.0 Å². The second kappa shape index (κ2) is 5.97. The van der Waals surface area contributed by atoms with Crippen molar-refractivity contribution in [2.24, 2.45) is 0 Å². The zero-order chi connectivity index (χ0) is 13.8. The normalized spacial score (nSPS) is 12.3. The van der Waals surface area contributed by atoms with E-state index in [0.717, 1.165) is 5.33 Å². The molecule has 100 valence electrons. The minimum Gasteiger partial charge on any atom is -0.358 e. The van der Waals surface area contributed by atoms with Crippen molar-refractivity contribution in [3.8, 4) is 0 Å². The van der Waals surface area contributed by atoms with Crippen molar-refractivity contribution in [2.75, 3.05) is 5.33 Å². The molecule has 0 saturated carbocycles. The molecule has 2 aromatic rings. The Hall–Kier alpha value is -1.69. The second-order valence-corrected chi connectivity index (χ2v) is 5.02. The lowest BCUT2D eigenvalue weighted by Crippen LogP contribution is -2.11. The predicted octanol–water partition coefficient (Wildman–Crippen LogP) is 3.28. The van der Waals surface area contributed by atoms with Crippen LogP contribution in [0.15, 0.2) is 36.5 Å². The molecule has 0 aliphatic rings. The maximum absolute atomic E-state index is 10.8. The molecule has 0 fully saturated rings. The van der Waals surface area contributed by atoms with Gasteiger partial charge in [0.2, 0.25) is 0 Å². The van der Waals surface area contributed by atoms with Crippen molar-refractivity contribution in [3.63, 3.8) is 0 Å². The predicted molar refractivity (Wildman–Crippen MR) is 76.6 cm³/mol. The van der Waals surface area contributed by atoms with Gasteiger partial charge in [-0.2, -0.15) is 4.68 Å². The first-order valence-electron chi connectivity index (χ1n) is 5.91. The first-order chi connectivity index (χ1) is 9.11. The van der Waals surface area contributed by atoms with Crippen LogP contribution in [0.1, 0.15) is 17.0 Å². The number of hydrogen-bond acceptors (Lipinski definition) is 3. The second-order valence-electron chi connectivity index (χ2n) is 4.38. The Bertz CT molecular complexity index is 569. The number of halogens is 1. The molecule has 0 spiro atoms. The van der Waals surface area contributed by atoms with E-state index in [4.69, 9.17) is 0 Å². The Kier molecular flexibility index (Phi) is 4.31. The van der Waals surface area contributed by atoms with Crippen LogP contribution in [0.2, 0.25) is 0 Å². The van der Waals surface area contributed by atoms with E-state index >= 15 is 0 Å². The quantitative estimate of drug-likeness (QED) is 0.482. The Morgan fingerprint density at radius 1 is 1.42 bits per heavy atom. The molecule has 19 heavy (non-hydrogen) atoms. The van der Waals surface area contributed by atoms with E-state index in [1.165, 1.54) is 5.56 Å². The number of rotatable bonds is 5. The van der Waals surface area contributed by atoms with Gasteiger partial charge in [-0.15, -0.1) is 0 Å². The van der Waals surface area contributed by atoms with Crippen LogP contribution in [0.3, 0.4) is 0 Å². The summed E-state index contributed by atoms with van der Waals surface area (Å²) in [5, 5.41) is 15.6. The lowest BCUT2D eigenvalue weighted by molar-refractivity contribution is -0.390. The molecule has 0 saturated heterocycles. The number of aryl methyl sites for hydroxylation is 1. The maximum Gasteiger partial charge on any atom is 0.392 e. The molecule has 0 aliphatic heterocycles. The van der Waals surface area contributed by atoms with Gasteiger partial charge in [0, 0.05) is 11.2 Å². The fourth-order valence-corrected chi connectivity index (χ4v) is 2.56. The first-order valence-corrected chi connectivity index (χ1v) is 7.03. The van der Waals surface area contributed by atoms with Crippen LogP contribution in [0.25, 0.3) is 0 Å². The van der Waals surface area contributed by atoms with E-state index in [2.05, 4.69) is 33.2 Å². The van der Waals surface area contributed by atoms with Gasteiger partial charge >= 0.3 is 5.82 Å². The lowest BCUT2D eigenvalue weighted by Gasteiger charge is -2.12. The molecule has 0 N–H and O–H groups in total. The summed E-state index contributed by atoms with van der Waals surface area (Å²) < 4.78 is 1.65. The average Bonchev–Trinajstić information content (AvgIpc) is 2.78. The zero-order valence-electron chi connectivity index (χ0n) is 10.5. The highest BCUT2D eigenvalue weighted by Gasteiger charge is 2.19. The first kappa shape index (κ1) is 13.7. The molecule has 1 unspecified atom stereocenters. The highest BCUT2D eigenvalue weighted by atomic mass is 79.9. The van der Waals surface area contributed by atoms with Crippen molar-refractivity contribution in [1.29, 1.82) is 0 Å². The average molecular weight is 324 g/mol. The summed E-state index contributed by atoms with van der Waals surface area (Å²) in [5.74, 6) is 0.168. The number of hydrogen-bond donors (Lipinski definition) is 0. The van der Waals surface area contributed by atoms with Gasteiger partial charge in [0.1, 0.15) is 0 Å². The summed E-state index contributed by atoms with van der Waals surface area (Å²) in [7, 11) is 0. The molecule has 0 bridgehead atoms. The van der Waals surface area contributed by atoms with Gasteiger partial charge in [-0.25, -0.2) is 0 Å². The summed E-state index contributed by atoms with van der Waals surface area (Å²) in [6.07, 6.45) is 1.72. The molecular weight excluding hydrogens is 310 g/mol. The van der Waals surface area contributed by atoms with E-state index in [1.807, 2.05) is 18.2 Å². The van der Waals surface area contributed by atoms with Crippen molar-refractivity contribution in [2.45, 2.75) is 19.4 Å². The van der Waals surface area contributed by atoms with Crippen molar-refractivity contribution in [3.05, 3.63) is 57.8 Å². The van der Waals surface area contributed by atoms with E-state index in [1.54, 1.807) is 17.8 Å². The zero-order valence-corrected chi connectivity index (χ0v) is 12.1. The van der Waals surface area contributed by atoms with Gasteiger partial charge in [0.05, 0.1) is 23.4 Å². The largest absolute Gasteiger partial charge is 0.392 e. The van der Waals surface area contributed by atoms with E-state index in [9.17, 15) is 10.1 Å². The Labute approximate surface area is 119 Å². The Morgan fingerprint density at radius 3 is 2.63 bits per heavy atom. The van der Waals surface area contributed by atoms with E-state index in [-0.39, 0.29) is 11.7 Å². The highest BCUT2D eigenvalue weighted by Crippen LogP contribution is 2.22. The topological polar surface area (TPSA) is 61.0 Å². The molecule has 5 nitrogen and oxygen atoms in total. The third kappa shape index (κ3) is 3.20. The minimum atomic E-state index is -0.447. The minimum absolute atomic E-state index is 0.0682. The standard InChI is InChI=1S/C13H14BrN3O2/c1-10-8-16(15-13(10)17(18)19)9-12(7-14)11-5-3-2-4-6-11/h2-6,8,12H,7,9H2,1H3. The van der Waals surface area contributed by atoms with Crippen molar-refractivity contribution in [1.82, 2.24) is 9.78 Å². The van der Waals surface area contributed by atoms with Crippen LogP contribution in [-0.4, -0.2) is 20.0 Å². The summed E-state index contributed by atoms with van der Waals surface area (Å²) in [6, 6.07) is 10.1. The number of nitro groups is 1. The molecule has 1 atom stereocenters. The highest BCUT2D eigenvalue weighted by molar-refractivity contribution is 9.09. The molecule has 0 radical (unpaired) electrons. The van der Waals surface area contributed by atoms with E-state index < -0.39 is 4.92 Å². The third-order valence-corrected chi connectivity index (χ3v) is 3.74. The molecular formula is C13H14BrN3O2. The molecule has 2 rings (SSSR count). The number of aromatic nitrogens is 2. The van der Waals surface area contributed by atoms with Crippen molar-refractivity contribution < 1.29 is 4.92 Å². The number of benzene rings is 1. The SMILES string of the molecule is Cc1cn(CC(CBr)c2ccccc2)nc1[N+](=O)[O-]. The van der Waals surface area contributed by atoms with Crippen LogP contribution in [0.5, 0.6) is 0 Å². The fraction of sp³-hybridized carbons (Fsp3) is 0.308. The fourth-order valence-electron chi connectivity index (χ4n) is 1.98. The molecule has 1 aromatic heterocycles. The van der Waals surface area contributed by atoms with Crippen molar-refractivity contribution >= 4 is 21.7 Å². The number of alkyl halides is 1. The summed E-state index contributed by atoms with van der Waals surface area (Å²) >= 11 is 3.49. The van der Waals surface area contributed by atoms with Gasteiger partial charge in [-0.3, -0.25) is 0 Å². The van der Waals surface area contributed by atoms with Gasteiger partial charge < -0.3 is 10.1 Å². The molecule has 0 amide bonds. The Balaban J connectivity index is 2.19. The van der Waals surface area contributed by atoms with Crippen LogP contribution >= 0.6 is 15.9 Å². The van der Waals surface area contributed by atoms with Gasteiger partial charge in [0.25, 0.3) is 0 Å². The smallest absolute Gasteiger partial charge is 0.358 e. The van der Waals surface area contributed by atoms with Gasteiger partial charge in [0.15, 0.2) is 0 Å². The van der Waals surface area contributed by atoms with Gasteiger partial charge in [-0.1, -0.05) is 46.3 Å². The molecule has 6 heteroatoms. The molecule has 0 aliphatic carbocycles. The lowest BCUT2D eigenvalue weighted by atomic mass is 10.0. The summed E-state index contributed by atoms with van der Waals surface area (Å²) in [5.41, 5.74) is 1.78. The van der Waals surface area contributed by atoms with E-state index in [0.29, 0.717) is 12.1 Å². The molecule has 1 heterocycles. The van der Waals surface area contributed by atoms with Crippen LogP contribution in [-0.2, 0) is 6.54 Å². The van der Waals surface area contributed by atoms with Gasteiger partial charge in [-0.05, 0) is 17.4 Å². The third-order valence-electron chi connectivity index (χ3n) is 2.96. The number of nitrogens with zero attached hydrogens (tertiary/aromatic N) is 3. The summed E-state index contributed by atoms with van der Waals surface area (Å²) in [6.45, 7) is 2.32. The van der Waals surface area contributed by atoms with Crippen LogP contribution < -0.4 is 0 Å². The maximum atomic E-state index is 10.8. The monoisotopic (exact) mass is 323 g/mol. The summed E-state index contributed by atoms with van der Waals surface area (Å²) in [4.78, 5) is 10.3. The molecule has 1 aromatic carbocycles. The Morgan fingerprint density at radius 2 is 2.11 bits per heavy atom. The van der Waals surface area contributed by atoms with Crippen LogP contribution in [0.4, 0.5) is 5.82 Å².